The molecule has 0 saturated carbocycles. The number of nitrogens with one attached hydrogen (secondary N) is 1. The fourth-order valence-electron chi connectivity index (χ4n) is 1.90. The summed E-state index contributed by atoms with van der Waals surface area (Å²) >= 11 is 1.88. The van der Waals surface area contributed by atoms with Gasteiger partial charge in [0.25, 0.3) is 0 Å². The fraction of sp³-hybridized carbons (Fsp3) is 0.917. The summed E-state index contributed by atoms with van der Waals surface area (Å²) in [5.74, 6) is 0. The second-order valence-electron chi connectivity index (χ2n) is 4.41. The zero-order valence-electron chi connectivity index (χ0n) is 11.1. The highest BCUT2D eigenvalue weighted by Crippen LogP contribution is 2.12. The molecule has 1 amide bonds. The van der Waals surface area contributed by atoms with Crippen molar-refractivity contribution >= 4 is 17.9 Å². The number of likely N-dealkylation sites (tertiary alicyclic amines) is 1. The molecule has 0 aromatic carbocycles. The topological polar surface area (TPSA) is 41.6 Å². The van der Waals surface area contributed by atoms with Crippen molar-refractivity contribution in [3.63, 3.8) is 0 Å². The summed E-state index contributed by atoms with van der Waals surface area (Å²) in [7, 11) is 0. The Morgan fingerprint density at radius 3 is 2.71 bits per heavy atom. The molecule has 0 aromatic heterocycles. The molecular formula is C12H24N2O2S. The molecular weight excluding hydrogens is 236 g/mol. The maximum atomic E-state index is 11.5. The first-order valence-corrected chi connectivity index (χ1v) is 7.64. The molecule has 0 spiro atoms. The van der Waals surface area contributed by atoms with Gasteiger partial charge in [-0.05, 0) is 26.0 Å². The van der Waals surface area contributed by atoms with Crippen LogP contribution in [0.15, 0.2) is 0 Å². The number of nitrogens with zero attached hydrogens (tertiary/aromatic N) is 1. The molecule has 1 aliphatic rings. The van der Waals surface area contributed by atoms with Crippen LogP contribution in [0.3, 0.4) is 0 Å². The van der Waals surface area contributed by atoms with Crippen LogP contribution >= 0.6 is 11.8 Å². The van der Waals surface area contributed by atoms with Crippen LogP contribution in [0.25, 0.3) is 0 Å². The van der Waals surface area contributed by atoms with Gasteiger partial charge in [-0.1, -0.05) is 6.92 Å². The van der Waals surface area contributed by atoms with Gasteiger partial charge in [0.15, 0.2) is 0 Å². The van der Waals surface area contributed by atoms with Crippen molar-refractivity contribution in [2.45, 2.75) is 38.0 Å². The van der Waals surface area contributed by atoms with Gasteiger partial charge in [0, 0.05) is 30.9 Å². The Hall–Kier alpha value is -0.420. The van der Waals surface area contributed by atoms with Gasteiger partial charge in [0.1, 0.15) is 0 Å². The number of carbonyl (C=O) groups excluding carboxylic acids is 1. The van der Waals surface area contributed by atoms with E-state index in [4.69, 9.17) is 4.74 Å². The van der Waals surface area contributed by atoms with Crippen LogP contribution in [0.1, 0.15) is 26.7 Å². The van der Waals surface area contributed by atoms with E-state index in [0.29, 0.717) is 17.9 Å². The van der Waals surface area contributed by atoms with E-state index in [1.807, 2.05) is 18.7 Å². The fourth-order valence-corrected chi connectivity index (χ4v) is 2.16. The highest BCUT2D eigenvalue weighted by Gasteiger charge is 2.23. The molecule has 0 aliphatic carbocycles. The van der Waals surface area contributed by atoms with Crippen LogP contribution in [-0.2, 0) is 4.74 Å². The summed E-state index contributed by atoms with van der Waals surface area (Å²) in [4.78, 5) is 13.3. The molecule has 17 heavy (non-hydrogen) atoms. The third-order valence-electron chi connectivity index (χ3n) is 3.12. The molecule has 1 fully saturated rings. The van der Waals surface area contributed by atoms with Gasteiger partial charge in [-0.15, -0.1) is 0 Å². The van der Waals surface area contributed by atoms with Gasteiger partial charge < -0.3 is 15.0 Å². The Morgan fingerprint density at radius 1 is 1.53 bits per heavy atom. The average Bonchev–Trinajstić information content (AvgIpc) is 2.36. The van der Waals surface area contributed by atoms with Crippen LogP contribution in [-0.4, -0.2) is 54.8 Å². The summed E-state index contributed by atoms with van der Waals surface area (Å²) in [5, 5.41) is 4.22. The lowest BCUT2D eigenvalue weighted by Gasteiger charge is -2.32. The summed E-state index contributed by atoms with van der Waals surface area (Å²) in [6.45, 7) is 7.20. The summed E-state index contributed by atoms with van der Waals surface area (Å²) in [5.41, 5.74) is 0. The Morgan fingerprint density at radius 2 is 2.18 bits per heavy atom. The minimum absolute atomic E-state index is 0.163. The second-order valence-corrected chi connectivity index (χ2v) is 5.69. The lowest BCUT2D eigenvalue weighted by molar-refractivity contribution is 0.0952. The lowest BCUT2D eigenvalue weighted by Crippen LogP contribution is -2.46. The van der Waals surface area contributed by atoms with E-state index in [1.165, 1.54) is 0 Å². The van der Waals surface area contributed by atoms with Crippen molar-refractivity contribution in [1.82, 2.24) is 10.2 Å². The molecule has 5 heteroatoms. The molecule has 1 atom stereocenters. The highest BCUT2D eigenvalue weighted by atomic mass is 32.2. The van der Waals surface area contributed by atoms with E-state index in [9.17, 15) is 4.79 Å². The number of hydrogen-bond acceptors (Lipinski definition) is 4. The SMILES string of the molecule is CCOC(=O)N1CCC(NCC(C)SC)CC1. The third kappa shape index (κ3) is 5.17. The van der Waals surface area contributed by atoms with Gasteiger partial charge in [0.05, 0.1) is 6.61 Å². The van der Waals surface area contributed by atoms with Crippen LogP contribution in [0.5, 0.6) is 0 Å². The van der Waals surface area contributed by atoms with Gasteiger partial charge in [-0.2, -0.15) is 11.8 Å². The maximum absolute atomic E-state index is 11.5. The summed E-state index contributed by atoms with van der Waals surface area (Å²) in [6, 6.07) is 0.551. The predicted octanol–water partition coefficient (Wildman–Crippen LogP) is 1.95. The Bertz CT molecular complexity index is 231. The molecule has 1 aliphatic heterocycles. The molecule has 4 nitrogen and oxygen atoms in total. The monoisotopic (exact) mass is 260 g/mol. The van der Waals surface area contributed by atoms with Crippen molar-refractivity contribution in [3.05, 3.63) is 0 Å². The van der Waals surface area contributed by atoms with Crippen LogP contribution in [0, 0.1) is 0 Å². The molecule has 1 heterocycles. The molecule has 1 rings (SSSR count). The van der Waals surface area contributed by atoms with Gasteiger partial charge in [-0.25, -0.2) is 4.79 Å². The third-order valence-corrected chi connectivity index (χ3v) is 4.09. The van der Waals surface area contributed by atoms with E-state index in [2.05, 4.69) is 18.5 Å². The Balaban J connectivity index is 2.19. The Kier molecular flexibility index (Phi) is 6.73. The number of piperidine rings is 1. The van der Waals surface area contributed by atoms with Crippen molar-refractivity contribution in [2.24, 2.45) is 0 Å². The van der Waals surface area contributed by atoms with E-state index in [-0.39, 0.29) is 6.09 Å². The van der Waals surface area contributed by atoms with Gasteiger partial charge in [0.2, 0.25) is 0 Å². The zero-order valence-corrected chi connectivity index (χ0v) is 11.9. The summed E-state index contributed by atoms with van der Waals surface area (Å²) in [6.07, 6.45) is 4.03. The number of hydrogen-bond donors (Lipinski definition) is 1. The van der Waals surface area contributed by atoms with E-state index in [1.54, 1.807) is 4.90 Å². The maximum Gasteiger partial charge on any atom is 0.409 e. The van der Waals surface area contributed by atoms with Crippen molar-refractivity contribution in [1.29, 1.82) is 0 Å². The number of carbonyl (C=O) groups is 1. The molecule has 1 unspecified atom stereocenters. The quantitative estimate of drug-likeness (QED) is 0.820. The standard InChI is InChI=1S/C12H24N2O2S/c1-4-16-12(15)14-7-5-11(6-8-14)13-9-10(2)17-3/h10-11,13H,4-9H2,1-3H3. The molecule has 0 bridgehead atoms. The first kappa shape index (κ1) is 14.6. The molecule has 1 N–H and O–H groups in total. The average molecular weight is 260 g/mol. The largest absolute Gasteiger partial charge is 0.450 e. The van der Waals surface area contributed by atoms with Crippen LogP contribution in [0.4, 0.5) is 4.79 Å². The second kappa shape index (κ2) is 7.82. The molecule has 0 aromatic rings. The molecule has 100 valence electrons. The van der Waals surface area contributed by atoms with E-state index < -0.39 is 0 Å². The minimum Gasteiger partial charge on any atom is -0.450 e. The normalized spacial score (nSPS) is 19.1. The molecule has 0 radical (unpaired) electrons. The summed E-state index contributed by atoms with van der Waals surface area (Å²) < 4.78 is 5.00. The molecule has 1 saturated heterocycles. The predicted molar refractivity (Wildman–Crippen MR) is 72.6 cm³/mol. The van der Waals surface area contributed by atoms with Gasteiger partial charge in [-0.3, -0.25) is 0 Å². The number of ether oxygens (including phenoxy) is 1. The van der Waals surface area contributed by atoms with Gasteiger partial charge >= 0.3 is 6.09 Å². The smallest absolute Gasteiger partial charge is 0.409 e. The lowest BCUT2D eigenvalue weighted by atomic mass is 10.1. The van der Waals surface area contributed by atoms with E-state index >= 15 is 0 Å². The number of rotatable bonds is 5. The van der Waals surface area contributed by atoms with Crippen LogP contribution in [0.2, 0.25) is 0 Å². The first-order chi connectivity index (χ1) is 8.17. The highest BCUT2D eigenvalue weighted by molar-refractivity contribution is 7.99. The van der Waals surface area contributed by atoms with Crippen molar-refractivity contribution in [2.75, 3.05) is 32.5 Å². The van der Waals surface area contributed by atoms with Crippen LogP contribution < -0.4 is 5.32 Å². The number of thioether (sulfide) groups is 1. The zero-order chi connectivity index (χ0) is 12.7. The minimum atomic E-state index is -0.163. The number of amides is 1. The Labute approximate surface area is 108 Å². The first-order valence-electron chi connectivity index (χ1n) is 6.35. The van der Waals surface area contributed by atoms with E-state index in [0.717, 1.165) is 32.5 Å². The van der Waals surface area contributed by atoms with Crippen molar-refractivity contribution < 1.29 is 9.53 Å². The van der Waals surface area contributed by atoms with Crippen molar-refractivity contribution in [3.8, 4) is 0 Å².